The molecule has 0 unspecified atom stereocenters. The Morgan fingerprint density at radius 2 is 1.76 bits per heavy atom. The van der Waals surface area contributed by atoms with Gasteiger partial charge in [0.25, 0.3) is 10.1 Å². The standard InChI is InChI=1S/C7H9FN2.C7H8O3S/c1-5(9)7-3-2-6(8)4-10-7;1-6-2-4-7(5-3-6)11(8,9)10/h2-5H,9H2,1H3;2-5H,1H3,(H,8,9,10)/t5-;/m1./s1. The van der Waals surface area contributed by atoms with Gasteiger partial charge in [-0.05, 0) is 38.1 Å². The molecule has 0 spiro atoms. The van der Waals surface area contributed by atoms with Crippen molar-refractivity contribution >= 4 is 10.1 Å². The molecule has 0 fully saturated rings. The molecule has 114 valence electrons. The van der Waals surface area contributed by atoms with Gasteiger partial charge in [0.2, 0.25) is 0 Å². The van der Waals surface area contributed by atoms with E-state index in [1.807, 2.05) is 6.92 Å². The van der Waals surface area contributed by atoms with Gasteiger partial charge in [0, 0.05) is 6.04 Å². The second-order valence-electron chi connectivity index (χ2n) is 4.48. The van der Waals surface area contributed by atoms with E-state index in [4.69, 9.17) is 10.3 Å². The minimum Gasteiger partial charge on any atom is -0.323 e. The predicted octanol–water partition coefficient (Wildman–Crippen LogP) is 2.48. The molecule has 0 amide bonds. The van der Waals surface area contributed by atoms with E-state index in [2.05, 4.69) is 4.98 Å². The zero-order valence-electron chi connectivity index (χ0n) is 11.7. The van der Waals surface area contributed by atoms with Crippen LogP contribution in [0.5, 0.6) is 0 Å². The average Bonchev–Trinajstić information content (AvgIpc) is 2.39. The summed E-state index contributed by atoms with van der Waals surface area (Å²) in [6.07, 6.45) is 1.17. The van der Waals surface area contributed by atoms with Gasteiger partial charge >= 0.3 is 0 Å². The quantitative estimate of drug-likeness (QED) is 0.831. The lowest BCUT2D eigenvalue weighted by Gasteiger charge is -2.01. The van der Waals surface area contributed by atoms with Gasteiger partial charge in [-0.25, -0.2) is 4.39 Å². The van der Waals surface area contributed by atoms with E-state index in [0.717, 1.165) is 5.56 Å². The summed E-state index contributed by atoms with van der Waals surface area (Å²) in [5.74, 6) is -0.329. The Morgan fingerprint density at radius 1 is 1.19 bits per heavy atom. The molecule has 2 aromatic rings. The molecule has 5 nitrogen and oxygen atoms in total. The minimum atomic E-state index is -4.02. The van der Waals surface area contributed by atoms with Crippen molar-refractivity contribution in [3.05, 3.63) is 59.7 Å². The highest BCUT2D eigenvalue weighted by molar-refractivity contribution is 7.85. The van der Waals surface area contributed by atoms with E-state index >= 15 is 0 Å². The smallest absolute Gasteiger partial charge is 0.294 e. The normalized spacial score (nSPS) is 12.2. The molecule has 0 aliphatic rings. The van der Waals surface area contributed by atoms with Crippen LogP contribution in [0.3, 0.4) is 0 Å². The van der Waals surface area contributed by atoms with Crippen LogP contribution < -0.4 is 5.73 Å². The van der Waals surface area contributed by atoms with Gasteiger partial charge < -0.3 is 5.73 Å². The first kappa shape index (κ1) is 17.2. The average molecular weight is 312 g/mol. The molecule has 0 saturated carbocycles. The van der Waals surface area contributed by atoms with E-state index in [1.54, 1.807) is 25.1 Å². The van der Waals surface area contributed by atoms with Gasteiger partial charge in [-0.15, -0.1) is 0 Å². The number of benzene rings is 1. The SMILES string of the molecule is C[C@@H](N)c1ccc(F)cn1.Cc1ccc(S(=O)(=O)O)cc1. The van der Waals surface area contributed by atoms with Gasteiger partial charge in [0.1, 0.15) is 5.82 Å². The molecular weight excluding hydrogens is 295 g/mol. The Balaban J connectivity index is 0.000000211. The molecule has 0 aliphatic heterocycles. The second-order valence-corrected chi connectivity index (χ2v) is 5.90. The number of aromatic nitrogens is 1. The third-order valence-electron chi connectivity index (χ3n) is 2.54. The molecule has 0 saturated heterocycles. The molecule has 0 radical (unpaired) electrons. The predicted molar refractivity (Wildman–Crippen MR) is 77.8 cm³/mol. The van der Waals surface area contributed by atoms with Crippen molar-refractivity contribution < 1.29 is 17.4 Å². The van der Waals surface area contributed by atoms with Crippen molar-refractivity contribution in [1.82, 2.24) is 4.98 Å². The molecule has 0 bridgehead atoms. The third-order valence-corrected chi connectivity index (χ3v) is 3.40. The Hall–Kier alpha value is -1.83. The van der Waals surface area contributed by atoms with E-state index in [0.29, 0.717) is 5.69 Å². The number of nitrogens with two attached hydrogens (primary N) is 1. The molecule has 0 aliphatic carbocycles. The largest absolute Gasteiger partial charge is 0.323 e. The zero-order chi connectivity index (χ0) is 16.0. The highest BCUT2D eigenvalue weighted by Gasteiger charge is 2.06. The van der Waals surface area contributed by atoms with Gasteiger partial charge in [0.05, 0.1) is 16.8 Å². The highest BCUT2D eigenvalue weighted by Crippen LogP contribution is 2.08. The summed E-state index contributed by atoms with van der Waals surface area (Å²) >= 11 is 0. The monoisotopic (exact) mass is 312 g/mol. The molecular formula is C14H17FN2O3S. The summed E-state index contributed by atoms with van der Waals surface area (Å²) in [5, 5.41) is 0. The fourth-order valence-corrected chi connectivity index (χ4v) is 1.85. The van der Waals surface area contributed by atoms with Gasteiger partial charge in [-0.3, -0.25) is 9.54 Å². The van der Waals surface area contributed by atoms with E-state index < -0.39 is 10.1 Å². The first-order valence-corrected chi connectivity index (χ1v) is 7.55. The maximum absolute atomic E-state index is 12.2. The van der Waals surface area contributed by atoms with Crippen LogP contribution in [-0.2, 0) is 10.1 Å². The second kappa shape index (κ2) is 7.26. The van der Waals surface area contributed by atoms with Crippen molar-refractivity contribution in [2.45, 2.75) is 24.8 Å². The van der Waals surface area contributed by atoms with Gasteiger partial charge in [-0.1, -0.05) is 17.7 Å². The fraction of sp³-hybridized carbons (Fsp3) is 0.214. The Labute approximate surface area is 123 Å². The number of rotatable bonds is 2. The van der Waals surface area contributed by atoms with Crippen LogP contribution in [0, 0.1) is 12.7 Å². The summed E-state index contributed by atoms with van der Waals surface area (Å²) in [7, 11) is -4.02. The molecule has 1 aromatic carbocycles. The maximum atomic E-state index is 12.2. The molecule has 1 atom stereocenters. The number of hydrogen-bond donors (Lipinski definition) is 2. The topological polar surface area (TPSA) is 93.3 Å². The molecule has 3 N–H and O–H groups in total. The maximum Gasteiger partial charge on any atom is 0.294 e. The Morgan fingerprint density at radius 3 is 2.14 bits per heavy atom. The van der Waals surface area contributed by atoms with Crippen LogP contribution in [0.1, 0.15) is 24.2 Å². The van der Waals surface area contributed by atoms with Gasteiger partial charge in [0.15, 0.2) is 0 Å². The molecule has 1 heterocycles. The van der Waals surface area contributed by atoms with Crippen molar-refractivity contribution in [3.8, 4) is 0 Å². The van der Waals surface area contributed by atoms with Crippen LogP contribution >= 0.6 is 0 Å². The van der Waals surface area contributed by atoms with Gasteiger partial charge in [-0.2, -0.15) is 8.42 Å². The Kier molecular flexibility index (Phi) is 5.95. The van der Waals surface area contributed by atoms with Crippen LogP contribution in [-0.4, -0.2) is 18.0 Å². The number of hydrogen-bond acceptors (Lipinski definition) is 4. The number of halogens is 1. The highest BCUT2D eigenvalue weighted by atomic mass is 32.2. The third kappa shape index (κ3) is 5.99. The summed E-state index contributed by atoms with van der Waals surface area (Å²) in [5.41, 5.74) is 7.14. The molecule has 21 heavy (non-hydrogen) atoms. The van der Waals surface area contributed by atoms with Crippen molar-refractivity contribution in [1.29, 1.82) is 0 Å². The first-order chi connectivity index (χ1) is 9.70. The van der Waals surface area contributed by atoms with Crippen LogP contribution in [0.2, 0.25) is 0 Å². The number of nitrogens with zero attached hydrogens (tertiary/aromatic N) is 1. The van der Waals surface area contributed by atoms with Crippen molar-refractivity contribution in [2.24, 2.45) is 5.73 Å². The van der Waals surface area contributed by atoms with Crippen LogP contribution in [0.25, 0.3) is 0 Å². The van der Waals surface area contributed by atoms with E-state index in [-0.39, 0.29) is 16.8 Å². The summed E-state index contributed by atoms with van der Waals surface area (Å²) in [4.78, 5) is 3.71. The molecule has 2 rings (SSSR count). The van der Waals surface area contributed by atoms with Crippen LogP contribution in [0.15, 0.2) is 47.5 Å². The zero-order valence-corrected chi connectivity index (χ0v) is 12.5. The summed E-state index contributed by atoms with van der Waals surface area (Å²) in [6.45, 7) is 3.65. The summed E-state index contributed by atoms with van der Waals surface area (Å²) < 4.78 is 41.8. The first-order valence-electron chi connectivity index (χ1n) is 6.11. The lowest BCUT2D eigenvalue weighted by Crippen LogP contribution is -2.06. The minimum absolute atomic E-state index is 0.0666. The lowest BCUT2D eigenvalue weighted by molar-refractivity contribution is 0.483. The van der Waals surface area contributed by atoms with Crippen LogP contribution in [0.4, 0.5) is 4.39 Å². The van der Waals surface area contributed by atoms with Crippen molar-refractivity contribution in [3.63, 3.8) is 0 Å². The van der Waals surface area contributed by atoms with E-state index in [9.17, 15) is 12.8 Å². The summed E-state index contributed by atoms with van der Waals surface area (Å²) in [6, 6.07) is 8.80. The lowest BCUT2D eigenvalue weighted by atomic mass is 10.2. The number of aryl methyl sites for hydroxylation is 1. The Bertz CT molecular complexity index is 668. The van der Waals surface area contributed by atoms with Crippen molar-refractivity contribution in [2.75, 3.05) is 0 Å². The molecule has 7 heteroatoms. The van der Waals surface area contributed by atoms with E-state index in [1.165, 1.54) is 24.4 Å². The molecule has 1 aromatic heterocycles. The number of pyridine rings is 1. The fourth-order valence-electron chi connectivity index (χ4n) is 1.37.